The molecule has 0 spiro atoms. The first-order valence-electron chi connectivity index (χ1n) is 9.95. The van der Waals surface area contributed by atoms with Gasteiger partial charge in [0.15, 0.2) is 0 Å². The number of nitrogens with two attached hydrogens (primary N) is 1. The largest absolute Gasteiger partial charge is 0.487 e. The Labute approximate surface area is 193 Å². The lowest BCUT2D eigenvalue weighted by Crippen LogP contribution is -2.32. The zero-order valence-corrected chi connectivity index (χ0v) is 17.9. The standard InChI is InChI=1S/C22H20ClF2N5O3/c23-22(24,25)33-16-4-2-15(3-5-16)29-21(32)13-1-6-19(30-10-18(26)20(31)11-30)17(7-13)14-8-27-12-28-9-14/h1-9,12,18,20,31H,10-11,26H2,(H,29,32). The molecule has 1 aliphatic heterocycles. The van der Waals surface area contributed by atoms with E-state index in [1.165, 1.54) is 30.6 Å². The van der Waals surface area contributed by atoms with E-state index in [-0.39, 0.29) is 11.8 Å². The summed E-state index contributed by atoms with van der Waals surface area (Å²) in [6.45, 7) is 0.826. The van der Waals surface area contributed by atoms with Gasteiger partial charge in [-0.3, -0.25) is 4.79 Å². The molecule has 0 aliphatic carbocycles. The summed E-state index contributed by atoms with van der Waals surface area (Å²) in [5.74, 6) is -0.552. The van der Waals surface area contributed by atoms with Crippen molar-refractivity contribution in [3.05, 3.63) is 66.7 Å². The highest BCUT2D eigenvalue weighted by Crippen LogP contribution is 2.33. The second kappa shape index (κ2) is 9.26. The van der Waals surface area contributed by atoms with Crippen LogP contribution in [0.4, 0.5) is 20.2 Å². The lowest BCUT2D eigenvalue weighted by molar-refractivity contribution is -0.0964. The average molecular weight is 476 g/mol. The van der Waals surface area contributed by atoms with Gasteiger partial charge in [-0.15, -0.1) is 8.78 Å². The summed E-state index contributed by atoms with van der Waals surface area (Å²) >= 11 is 4.75. The molecule has 4 N–H and O–H groups in total. The molecule has 1 fully saturated rings. The molecule has 1 aliphatic rings. The number of benzene rings is 2. The van der Waals surface area contributed by atoms with Gasteiger partial charge in [0.25, 0.3) is 5.91 Å². The van der Waals surface area contributed by atoms with Gasteiger partial charge in [-0.25, -0.2) is 9.97 Å². The van der Waals surface area contributed by atoms with Crippen molar-refractivity contribution in [3.8, 4) is 16.9 Å². The van der Waals surface area contributed by atoms with E-state index >= 15 is 0 Å². The first-order valence-corrected chi connectivity index (χ1v) is 10.3. The molecule has 0 saturated carbocycles. The quantitative estimate of drug-likeness (QED) is 0.469. The number of nitrogens with one attached hydrogen (secondary N) is 1. The van der Waals surface area contributed by atoms with Crippen LogP contribution in [0.2, 0.25) is 0 Å². The van der Waals surface area contributed by atoms with E-state index in [4.69, 9.17) is 17.3 Å². The number of ether oxygens (including phenoxy) is 1. The molecule has 2 aromatic carbocycles. The molecule has 2 atom stereocenters. The van der Waals surface area contributed by atoms with Gasteiger partial charge in [0.2, 0.25) is 0 Å². The van der Waals surface area contributed by atoms with Crippen molar-refractivity contribution in [2.24, 2.45) is 5.73 Å². The topological polar surface area (TPSA) is 114 Å². The number of hydrogen-bond acceptors (Lipinski definition) is 7. The molecule has 2 heterocycles. The predicted molar refractivity (Wildman–Crippen MR) is 119 cm³/mol. The smallest absolute Gasteiger partial charge is 0.420 e. The highest BCUT2D eigenvalue weighted by molar-refractivity contribution is 6.20. The van der Waals surface area contributed by atoms with Crippen molar-refractivity contribution in [1.29, 1.82) is 0 Å². The van der Waals surface area contributed by atoms with Crippen LogP contribution >= 0.6 is 11.6 Å². The first-order chi connectivity index (χ1) is 15.7. The number of alkyl halides is 3. The van der Waals surface area contributed by atoms with Crippen molar-refractivity contribution in [1.82, 2.24) is 9.97 Å². The van der Waals surface area contributed by atoms with Crippen LogP contribution < -0.4 is 20.7 Å². The number of β-amino-alcohol motifs (C(OH)–C–C–N with tert-alkyl or cyclic N) is 1. The minimum atomic E-state index is -3.82. The zero-order valence-electron chi connectivity index (χ0n) is 17.2. The molecule has 1 saturated heterocycles. The third-order valence-electron chi connectivity index (χ3n) is 5.15. The third kappa shape index (κ3) is 5.54. The Morgan fingerprint density at radius 2 is 1.88 bits per heavy atom. The molecule has 1 aromatic heterocycles. The van der Waals surface area contributed by atoms with Gasteiger partial charge in [-0.1, -0.05) is 0 Å². The molecule has 11 heteroatoms. The lowest BCUT2D eigenvalue weighted by atomic mass is 10.0. The van der Waals surface area contributed by atoms with Crippen LogP contribution in [0.5, 0.6) is 5.75 Å². The molecule has 2 unspecified atom stereocenters. The fourth-order valence-corrected chi connectivity index (χ4v) is 3.66. The van der Waals surface area contributed by atoms with Crippen LogP contribution in [0.3, 0.4) is 0 Å². The number of carbonyl (C=O) groups excluding carboxylic acids is 1. The number of hydrogen-bond donors (Lipinski definition) is 3. The molecule has 3 aromatic rings. The minimum absolute atomic E-state index is 0.144. The summed E-state index contributed by atoms with van der Waals surface area (Å²) in [6, 6.07) is 10.1. The number of amides is 1. The van der Waals surface area contributed by atoms with Gasteiger partial charge in [-0.05, 0) is 42.5 Å². The lowest BCUT2D eigenvalue weighted by Gasteiger charge is -2.22. The molecule has 1 amide bonds. The number of halogens is 3. The molecule has 0 radical (unpaired) electrons. The van der Waals surface area contributed by atoms with E-state index in [1.807, 2.05) is 4.90 Å². The number of aliphatic hydroxyl groups is 1. The molecule has 4 rings (SSSR count). The summed E-state index contributed by atoms with van der Waals surface area (Å²) < 4.78 is 29.8. The fraction of sp³-hybridized carbons (Fsp3) is 0.227. The van der Waals surface area contributed by atoms with Gasteiger partial charge in [0.1, 0.15) is 12.1 Å². The van der Waals surface area contributed by atoms with Crippen molar-refractivity contribution in [2.75, 3.05) is 23.3 Å². The van der Waals surface area contributed by atoms with E-state index < -0.39 is 17.6 Å². The predicted octanol–water partition coefficient (Wildman–Crippen LogP) is 3.07. The monoisotopic (exact) mass is 475 g/mol. The van der Waals surface area contributed by atoms with E-state index in [9.17, 15) is 18.7 Å². The third-order valence-corrected chi connectivity index (χ3v) is 5.23. The summed E-state index contributed by atoms with van der Waals surface area (Å²) in [5.41, 5.74) is 5.07. The Morgan fingerprint density at radius 1 is 1.18 bits per heavy atom. The molecular formula is C22H20ClF2N5O3. The maximum atomic E-state index is 12.9. The Morgan fingerprint density at radius 3 is 2.48 bits per heavy atom. The van der Waals surface area contributed by atoms with Crippen LogP contribution in [0.15, 0.2) is 61.2 Å². The number of rotatable bonds is 6. The van der Waals surface area contributed by atoms with Crippen molar-refractivity contribution >= 4 is 28.9 Å². The second-order valence-corrected chi connectivity index (χ2v) is 7.96. The van der Waals surface area contributed by atoms with Crippen LogP contribution in [0.25, 0.3) is 11.1 Å². The number of aromatic nitrogens is 2. The van der Waals surface area contributed by atoms with E-state index in [0.717, 1.165) is 5.69 Å². The van der Waals surface area contributed by atoms with Crippen LogP contribution in [0, 0.1) is 0 Å². The zero-order chi connectivity index (χ0) is 23.6. The maximum absolute atomic E-state index is 12.9. The summed E-state index contributed by atoms with van der Waals surface area (Å²) in [5, 5.41) is 12.8. The molecular weight excluding hydrogens is 456 g/mol. The van der Waals surface area contributed by atoms with Crippen LogP contribution in [-0.4, -0.2) is 51.8 Å². The average Bonchev–Trinajstić information content (AvgIpc) is 3.12. The minimum Gasteiger partial charge on any atom is -0.420 e. The Kier molecular flexibility index (Phi) is 6.41. The van der Waals surface area contributed by atoms with Crippen molar-refractivity contribution in [2.45, 2.75) is 17.7 Å². The molecule has 172 valence electrons. The molecule has 0 bridgehead atoms. The Bertz CT molecular complexity index is 1120. The van der Waals surface area contributed by atoms with E-state index in [0.29, 0.717) is 35.5 Å². The first kappa shape index (κ1) is 22.8. The number of nitrogens with zero attached hydrogens (tertiary/aromatic N) is 3. The van der Waals surface area contributed by atoms with E-state index in [2.05, 4.69) is 20.0 Å². The highest BCUT2D eigenvalue weighted by atomic mass is 35.5. The summed E-state index contributed by atoms with van der Waals surface area (Å²) in [7, 11) is 0. The number of carbonyl (C=O) groups is 1. The number of anilines is 2. The molecule has 8 nitrogen and oxygen atoms in total. The van der Waals surface area contributed by atoms with Crippen molar-refractivity contribution in [3.63, 3.8) is 0 Å². The number of aliphatic hydroxyl groups excluding tert-OH is 1. The van der Waals surface area contributed by atoms with Gasteiger partial charge in [0, 0.05) is 71.2 Å². The van der Waals surface area contributed by atoms with Gasteiger partial charge in [0.05, 0.1) is 6.10 Å². The second-order valence-electron chi connectivity index (χ2n) is 7.52. The SMILES string of the molecule is NC1CN(c2ccc(C(=O)Nc3ccc(OC(F)(F)Cl)cc3)cc2-c2cncnc2)CC1O. The maximum Gasteiger partial charge on any atom is 0.487 e. The highest BCUT2D eigenvalue weighted by Gasteiger charge is 2.30. The summed E-state index contributed by atoms with van der Waals surface area (Å²) in [4.78, 5) is 22.9. The van der Waals surface area contributed by atoms with Crippen molar-refractivity contribution < 1.29 is 23.4 Å². The van der Waals surface area contributed by atoms with E-state index in [1.54, 1.807) is 30.6 Å². The fourth-order valence-electron chi connectivity index (χ4n) is 3.57. The normalized spacial score (nSPS) is 18.3. The van der Waals surface area contributed by atoms with Gasteiger partial charge in [-0.2, -0.15) is 0 Å². The summed E-state index contributed by atoms with van der Waals surface area (Å²) in [6.07, 6.45) is 4.01. The van der Waals surface area contributed by atoms with Gasteiger partial charge >= 0.3 is 5.57 Å². The van der Waals surface area contributed by atoms with Crippen LogP contribution in [-0.2, 0) is 0 Å². The van der Waals surface area contributed by atoms with Gasteiger partial charge < -0.3 is 25.8 Å². The Hall–Kier alpha value is -3.34. The van der Waals surface area contributed by atoms with Crippen LogP contribution in [0.1, 0.15) is 10.4 Å². The Balaban J connectivity index is 1.58. The molecule has 33 heavy (non-hydrogen) atoms.